The van der Waals surface area contributed by atoms with E-state index < -0.39 is 0 Å². The molecule has 0 N–H and O–H groups in total. The van der Waals surface area contributed by atoms with Crippen LogP contribution in [0.1, 0.15) is 0 Å². The van der Waals surface area contributed by atoms with Gasteiger partial charge in [0.25, 0.3) is 0 Å². The molecule has 0 saturated heterocycles. The average Bonchev–Trinajstić information content (AvgIpc) is 2.77. The lowest BCUT2D eigenvalue weighted by Crippen LogP contribution is -2.23. The van der Waals surface area contributed by atoms with Gasteiger partial charge in [0.05, 0.1) is 6.54 Å². The minimum Gasteiger partial charge on any atom is -0.302 e. The maximum atomic E-state index is 11.4. The molecule has 0 fully saturated rings. The molecule has 0 radical (unpaired) electrons. The maximum absolute atomic E-state index is 11.4. The Morgan fingerprint density at radius 2 is 2.14 bits per heavy atom. The predicted octanol–water partition coefficient (Wildman–Crippen LogP) is 0.0835. The molecule has 5 heteroatoms. The normalized spacial score (nSPS) is 10.6. The monoisotopic (exact) mass is 192 g/mol. The van der Waals surface area contributed by atoms with Crippen LogP contribution < -0.4 is 5.69 Å². The Bertz CT molecular complexity index is 451. The smallest absolute Gasteiger partial charge is 0.302 e. The standard InChI is InChI=1S/C9H12N4O/c1-11-5-6-12(9(11)14)7-8-13-4-2-3-10-13/h2-6H,7-8H2,1H3. The Balaban J connectivity index is 2.06. The fourth-order valence-electron chi connectivity index (χ4n) is 1.32. The zero-order valence-corrected chi connectivity index (χ0v) is 8.00. The summed E-state index contributed by atoms with van der Waals surface area (Å²) in [5.41, 5.74) is 0.0113. The van der Waals surface area contributed by atoms with Gasteiger partial charge >= 0.3 is 5.69 Å². The highest BCUT2D eigenvalue weighted by Crippen LogP contribution is 1.88. The molecule has 14 heavy (non-hydrogen) atoms. The predicted molar refractivity (Wildman–Crippen MR) is 51.9 cm³/mol. The second kappa shape index (κ2) is 3.53. The summed E-state index contributed by atoms with van der Waals surface area (Å²) in [4.78, 5) is 11.4. The quantitative estimate of drug-likeness (QED) is 0.691. The maximum Gasteiger partial charge on any atom is 0.327 e. The lowest BCUT2D eigenvalue weighted by atomic mass is 10.6. The van der Waals surface area contributed by atoms with Gasteiger partial charge in [-0.15, -0.1) is 0 Å². The first kappa shape index (κ1) is 8.80. The average molecular weight is 192 g/mol. The molecule has 0 aliphatic carbocycles. The molecule has 0 aliphatic heterocycles. The Kier molecular flexibility index (Phi) is 2.22. The van der Waals surface area contributed by atoms with Gasteiger partial charge in [0.1, 0.15) is 0 Å². The van der Waals surface area contributed by atoms with Crippen molar-refractivity contribution in [2.45, 2.75) is 13.1 Å². The topological polar surface area (TPSA) is 44.8 Å². The van der Waals surface area contributed by atoms with Gasteiger partial charge in [-0.1, -0.05) is 0 Å². The van der Waals surface area contributed by atoms with Gasteiger partial charge < -0.3 is 4.57 Å². The summed E-state index contributed by atoms with van der Waals surface area (Å²) in [6, 6.07) is 1.87. The molecule has 2 aromatic rings. The zero-order valence-electron chi connectivity index (χ0n) is 8.00. The van der Waals surface area contributed by atoms with Gasteiger partial charge in [-0.2, -0.15) is 5.10 Å². The Morgan fingerprint density at radius 3 is 2.71 bits per heavy atom. The highest BCUT2D eigenvalue weighted by Gasteiger charge is 1.99. The van der Waals surface area contributed by atoms with Crippen LogP contribution in [0.25, 0.3) is 0 Å². The molecule has 0 bridgehead atoms. The second-order valence-electron chi connectivity index (χ2n) is 3.15. The molecule has 2 rings (SSSR count). The van der Waals surface area contributed by atoms with Gasteiger partial charge in [-0.25, -0.2) is 4.79 Å². The van der Waals surface area contributed by atoms with Crippen LogP contribution in [-0.2, 0) is 20.1 Å². The van der Waals surface area contributed by atoms with E-state index in [1.807, 2.05) is 12.3 Å². The van der Waals surface area contributed by atoms with Crippen molar-refractivity contribution in [3.8, 4) is 0 Å². The van der Waals surface area contributed by atoms with Crippen molar-refractivity contribution >= 4 is 0 Å². The molecule has 0 saturated carbocycles. The third-order valence-corrected chi connectivity index (χ3v) is 2.15. The molecule has 0 atom stereocenters. The highest BCUT2D eigenvalue weighted by molar-refractivity contribution is 4.81. The summed E-state index contributed by atoms with van der Waals surface area (Å²) in [6.07, 6.45) is 7.15. The van der Waals surface area contributed by atoms with Crippen molar-refractivity contribution in [1.82, 2.24) is 18.9 Å². The van der Waals surface area contributed by atoms with E-state index in [2.05, 4.69) is 5.10 Å². The zero-order chi connectivity index (χ0) is 9.97. The van der Waals surface area contributed by atoms with Crippen molar-refractivity contribution < 1.29 is 0 Å². The number of aromatic nitrogens is 4. The number of rotatable bonds is 3. The number of nitrogens with zero attached hydrogens (tertiary/aromatic N) is 4. The van der Waals surface area contributed by atoms with Crippen LogP contribution in [0.4, 0.5) is 0 Å². The number of hydrogen-bond acceptors (Lipinski definition) is 2. The molecule has 2 heterocycles. The van der Waals surface area contributed by atoms with Crippen LogP contribution in [0.3, 0.4) is 0 Å². The summed E-state index contributed by atoms with van der Waals surface area (Å²) in [5.74, 6) is 0. The minimum atomic E-state index is 0.0113. The Hall–Kier alpha value is -1.78. The van der Waals surface area contributed by atoms with Crippen LogP contribution in [0, 0.1) is 0 Å². The Morgan fingerprint density at radius 1 is 1.29 bits per heavy atom. The van der Waals surface area contributed by atoms with Gasteiger partial charge in [-0.3, -0.25) is 9.25 Å². The third kappa shape index (κ3) is 1.61. The second-order valence-corrected chi connectivity index (χ2v) is 3.15. The van der Waals surface area contributed by atoms with E-state index in [4.69, 9.17) is 0 Å². The van der Waals surface area contributed by atoms with Crippen molar-refractivity contribution in [3.63, 3.8) is 0 Å². The summed E-state index contributed by atoms with van der Waals surface area (Å²) in [5, 5.41) is 4.06. The molecule has 0 unspecified atom stereocenters. The molecule has 0 aliphatic rings. The highest BCUT2D eigenvalue weighted by atomic mass is 16.1. The van der Waals surface area contributed by atoms with Crippen LogP contribution >= 0.6 is 0 Å². The molecule has 0 aromatic carbocycles. The van der Waals surface area contributed by atoms with E-state index in [0.29, 0.717) is 6.54 Å². The summed E-state index contributed by atoms with van der Waals surface area (Å²) >= 11 is 0. The minimum absolute atomic E-state index is 0.0113. The largest absolute Gasteiger partial charge is 0.327 e. The molecule has 0 spiro atoms. The van der Waals surface area contributed by atoms with Gasteiger partial charge in [0.2, 0.25) is 0 Å². The first-order chi connectivity index (χ1) is 6.77. The van der Waals surface area contributed by atoms with Crippen molar-refractivity contribution in [1.29, 1.82) is 0 Å². The lowest BCUT2D eigenvalue weighted by Gasteiger charge is -2.01. The van der Waals surface area contributed by atoms with E-state index in [1.165, 1.54) is 0 Å². The fourth-order valence-corrected chi connectivity index (χ4v) is 1.32. The van der Waals surface area contributed by atoms with Crippen molar-refractivity contribution in [2.75, 3.05) is 0 Å². The van der Waals surface area contributed by atoms with Crippen molar-refractivity contribution in [2.24, 2.45) is 7.05 Å². The molecular weight excluding hydrogens is 180 g/mol. The number of aryl methyl sites for hydroxylation is 3. The molecule has 2 aromatic heterocycles. The van der Waals surface area contributed by atoms with E-state index in [1.54, 1.807) is 39.5 Å². The van der Waals surface area contributed by atoms with E-state index in [-0.39, 0.29) is 5.69 Å². The van der Waals surface area contributed by atoms with Crippen LogP contribution in [0.2, 0.25) is 0 Å². The fraction of sp³-hybridized carbons (Fsp3) is 0.333. The Labute approximate surface area is 81.2 Å². The van der Waals surface area contributed by atoms with Crippen LogP contribution in [-0.4, -0.2) is 18.9 Å². The number of imidazole rings is 1. The molecule has 74 valence electrons. The number of hydrogen-bond donors (Lipinski definition) is 0. The van der Waals surface area contributed by atoms with Crippen LogP contribution in [0.15, 0.2) is 35.6 Å². The van der Waals surface area contributed by atoms with E-state index in [0.717, 1.165) is 6.54 Å². The van der Waals surface area contributed by atoms with Gasteiger partial charge in [-0.05, 0) is 6.07 Å². The van der Waals surface area contributed by atoms with Gasteiger partial charge in [0.15, 0.2) is 0 Å². The lowest BCUT2D eigenvalue weighted by molar-refractivity contribution is 0.519. The van der Waals surface area contributed by atoms with E-state index >= 15 is 0 Å². The summed E-state index contributed by atoms with van der Waals surface area (Å²) in [6.45, 7) is 1.37. The van der Waals surface area contributed by atoms with Crippen molar-refractivity contribution in [3.05, 3.63) is 41.3 Å². The van der Waals surface area contributed by atoms with E-state index in [9.17, 15) is 4.79 Å². The first-order valence-corrected chi connectivity index (χ1v) is 4.46. The molecular formula is C9H12N4O. The third-order valence-electron chi connectivity index (χ3n) is 2.15. The first-order valence-electron chi connectivity index (χ1n) is 4.46. The SMILES string of the molecule is Cn1ccn(CCn2cccn2)c1=O. The molecule has 5 nitrogen and oxygen atoms in total. The summed E-state index contributed by atoms with van der Waals surface area (Å²) in [7, 11) is 1.74. The van der Waals surface area contributed by atoms with Gasteiger partial charge in [0, 0.05) is 38.4 Å². The van der Waals surface area contributed by atoms with Crippen LogP contribution in [0.5, 0.6) is 0 Å². The summed E-state index contributed by atoms with van der Waals surface area (Å²) < 4.78 is 5.03. The molecule has 0 amide bonds.